The van der Waals surface area contributed by atoms with E-state index in [1.165, 1.54) is 0 Å². The van der Waals surface area contributed by atoms with Crippen LogP contribution in [-0.4, -0.2) is 48.0 Å². The van der Waals surface area contributed by atoms with Crippen LogP contribution < -0.4 is 5.32 Å². The van der Waals surface area contributed by atoms with Crippen LogP contribution in [0.25, 0.3) is 0 Å². The minimum absolute atomic E-state index is 0.0391. The lowest BCUT2D eigenvalue weighted by atomic mass is 10.0. The van der Waals surface area contributed by atoms with Crippen molar-refractivity contribution in [3.63, 3.8) is 0 Å². The first kappa shape index (κ1) is 18.9. The highest BCUT2D eigenvalue weighted by Gasteiger charge is 2.33. The number of Topliss-reactive ketones (excluding diaryl/α,β-unsaturated/α-hetero) is 1. The number of likely N-dealkylation sites (tertiary alicyclic amines) is 1. The van der Waals surface area contributed by atoms with Gasteiger partial charge in [0.05, 0.1) is 12.6 Å². The standard InChI is InChI=1S/C18H24N2O5/c1-18(2,3)25-17(23)19-14-9-15(22)11-20(10-14)16(24-12-21)13-7-5-4-6-8-13/h4-8,12,14,16H,9-11H2,1-3H3,(H,19,23). The van der Waals surface area contributed by atoms with Gasteiger partial charge >= 0.3 is 6.09 Å². The van der Waals surface area contributed by atoms with Crippen molar-refractivity contribution in [2.45, 2.75) is 45.1 Å². The molecule has 7 nitrogen and oxygen atoms in total. The minimum Gasteiger partial charge on any atom is -0.444 e. The van der Waals surface area contributed by atoms with E-state index >= 15 is 0 Å². The molecule has 0 spiro atoms. The second-order valence-electron chi connectivity index (χ2n) is 7.01. The molecule has 1 aliphatic rings. The van der Waals surface area contributed by atoms with Gasteiger partial charge in [0, 0.05) is 18.5 Å². The average Bonchev–Trinajstić information content (AvgIpc) is 2.50. The van der Waals surface area contributed by atoms with Crippen LogP contribution in [0.4, 0.5) is 4.79 Å². The van der Waals surface area contributed by atoms with Gasteiger partial charge in [0.15, 0.2) is 6.23 Å². The second kappa shape index (κ2) is 8.11. The molecular formula is C18H24N2O5. The van der Waals surface area contributed by atoms with Crippen LogP contribution in [0.2, 0.25) is 0 Å². The number of carbonyl (C=O) groups is 3. The number of benzene rings is 1. The summed E-state index contributed by atoms with van der Waals surface area (Å²) in [5, 5.41) is 2.72. The number of ketones is 1. The normalized spacial score (nSPS) is 19.8. The molecule has 1 fully saturated rings. The molecule has 2 unspecified atom stereocenters. The molecule has 0 bridgehead atoms. The summed E-state index contributed by atoms with van der Waals surface area (Å²) in [6.45, 7) is 6.21. The maximum Gasteiger partial charge on any atom is 0.407 e. The van der Waals surface area contributed by atoms with Gasteiger partial charge in [0.25, 0.3) is 6.47 Å². The fourth-order valence-corrected chi connectivity index (χ4v) is 2.77. The van der Waals surface area contributed by atoms with Crippen molar-refractivity contribution in [1.29, 1.82) is 0 Å². The van der Waals surface area contributed by atoms with E-state index in [-0.39, 0.29) is 18.7 Å². The molecule has 7 heteroatoms. The highest BCUT2D eigenvalue weighted by molar-refractivity contribution is 5.82. The number of ether oxygens (including phenoxy) is 2. The number of nitrogens with zero attached hydrogens (tertiary/aromatic N) is 1. The molecule has 2 atom stereocenters. The van der Waals surface area contributed by atoms with Crippen LogP contribution in [0.5, 0.6) is 0 Å². The van der Waals surface area contributed by atoms with E-state index in [2.05, 4.69) is 5.32 Å². The zero-order valence-electron chi connectivity index (χ0n) is 14.7. The highest BCUT2D eigenvalue weighted by atomic mass is 16.6. The molecular weight excluding hydrogens is 324 g/mol. The van der Waals surface area contributed by atoms with Crippen molar-refractivity contribution in [3.8, 4) is 0 Å². The van der Waals surface area contributed by atoms with E-state index in [0.29, 0.717) is 13.0 Å². The van der Waals surface area contributed by atoms with Gasteiger partial charge in [-0.05, 0) is 20.8 Å². The van der Waals surface area contributed by atoms with Gasteiger partial charge in [0.1, 0.15) is 11.4 Å². The summed E-state index contributed by atoms with van der Waals surface area (Å²) >= 11 is 0. The zero-order chi connectivity index (χ0) is 18.4. The number of nitrogens with one attached hydrogen (secondary N) is 1. The van der Waals surface area contributed by atoms with Gasteiger partial charge in [0.2, 0.25) is 0 Å². The minimum atomic E-state index is -0.675. The Morgan fingerprint density at radius 3 is 2.60 bits per heavy atom. The summed E-state index contributed by atoms with van der Waals surface area (Å²) in [6, 6.07) is 8.76. The maximum absolute atomic E-state index is 12.1. The quantitative estimate of drug-likeness (QED) is 0.820. The Labute approximate surface area is 147 Å². The van der Waals surface area contributed by atoms with Crippen LogP contribution in [0.15, 0.2) is 30.3 Å². The van der Waals surface area contributed by atoms with Gasteiger partial charge in [-0.3, -0.25) is 14.5 Å². The number of alkyl carbamates (subject to hydrolysis) is 1. The molecule has 0 radical (unpaired) electrons. The molecule has 0 saturated carbocycles. The van der Waals surface area contributed by atoms with Crippen LogP contribution >= 0.6 is 0 Å². The highest BCUT2D eigenvalue weighted by Crippen LogP contribution is 2.24. The van der Waals surface area contributed by atoms with E-state index in [1.54, 1.807) is 25.7 Å². The molecule has 1 aromatic rings. The van der Waals surface area contributed by atoms with E-state index in [0.717, 1.165) is 5.56 Å². The smallest absolute Gasteiger partial charge is 0.407 e. The molecule has 1 amide bonds. The van der Waals surface area contributed by atoms with Gasteiger partial charge in [-0.1, -0.05) is 30.3 Å². The molecule has 1 heterocycles. The van der Waals surface area contributed by atoms with Crippen LogP contribution in [0.3, 0.4) is 0 Å². The fraction of sp³-hybridized carbons (Fsp3) is 0.500. The molecule has 1 saturated heterocycles. The number of hydrogen-bond acceptors (Lipinski definition) is 6. The second-order valence-corrected chi connectivity index (χ2v) is 7.01. The van der Waals surface area contributed by atoms with Crippen LogP contribution in [0.1, 0.15) is 39.0 Å². The Balaban J connectivity index is 2.08. The lowest BCUT2D eigenvalue weighted by Crippen LogP contribution is -2.53. The largest absolute Gasteiger partial charge is 0.444 e. The predicted octanol–water partition coefficient (Wildman–Crippen LogP) is 2.03. The Kier molecular flexibility index (Phi) is 6.14. The third-order valence-electron chi connectivity index (χ3n) is 3.63. The van der Waals surface area contributed by atoms with E-state index in [9.17, 15) is 14.4 Å². The molecule has 1 aromatic carbocycles. The van der Waals surface area contributed by atoms with Crippen LogP contribution in [0, 0.1) is 0 Å². The van der Waals surface area contributed by atoms with E-state index in [4.69, 9.17) is 9.47 Å². The molecule has 1 N–H and O–H groups in total. The SMILES string of the molecule is CC(C)(C)OC(=O)NC1CC(=O)CN(C(OC=O)c2ccccc2)C1. The Hall–Kier alpha value is -2.41. The molecule has 0 aromatic heterocycles. The van der Waals surface area contributed by atoms with Gasteiger partial charge in [-0.2, -0.15) is 0 Å². The number of amides is 1. The topological polar surface area (TPSA) is 84.9 Å². The molecule has 0 aliphatic carbocycles. The lowest BCUT2D eigenvalue weighted by Gasteiger charge is -2.36. The third-order valence-corrected chi connectivity index (χ3v) is 3.63. The van der Waals surface area contributed by atoms with Gasteiger partial charge in [-0.15, -0.1) is 0 Å². The van der Waals surface area contributed by atoms with Gasteiger partial charge < -0.3 is 14.8 Å². The molecule has 136 valence electrons. The molecule has 2 rings (SSSR count). The third kappa shape index (κ3) is 5.86. The Morgan fingerprint density at radius 2 is 2.00 bits per heavy atom. The van der Waals surface area contributed by atoms with E-state index < -0.39 is 24.0 Å². The fourth-order valence-electron chi connectivity index (χ4n) is 2.77. The van der Waals surface area contributed by atoms with Gasteiger partial charge in [-0.25, -0.2) is 4.79 Å². The van der Waals surface area contributed by atoms with E-state index in [1.807, 2.05) is 30.3 Å². The zero-order valence-corrected chi connectivity index (χ0v) is 14.7. The number of carbonyl (C=O) groups excluding carboxylic acids is 3. The molecule has 25 heavy (non-hydrogen) atoms. The number of rotatable bonds is 5. The van der Waals surface area contributed by atoms with Crippen molar-refractivity contribution in [1.82, 2.24) is 10.2 Å². The summed E-state index contributed by atoms with van der Waals surface area (Å²) < 4.78 is 10.4. The summed E-state index contributed by atoms with van der Waals surface area (Å²) in [6.07, 6.45) is -1.02. The van der Waals surface area contributed by atoms with Crippen molar-refractivity contribution in [2.24, 2.45) is 0 Å². The van der Waals surface area contributed by atoms with Crippen molar-refractivity contribution < 1.29 is 23.9 Å². The first-order valence-corrected chi connectivity index (χ1v) is 8.18. The summed E-state index contributed by atoms with van der Waals surface area (Å²) in [5.74, 6) is -0.0391. The molecule has 1 aliphatic heterocycles. The number of piperidine rings is 1. The monoisotopic (exact) mass is 348 g/mol. The van der Waals surface area contributed by atoms with Crippen molar-refractivity contribution >= 4 is 18.3 Å². The number of hydrogen-bond donors (Lipinski definition) is 1. The summed E-state index contributed by atoms with van der Waals surface area (Å²) in [5.41, 5.74) is 0.149. The summed E-state index contributed by atoms with van der Waals surface area (Å²) in [4.78, 5) is 36.7. The van der Waals surface area contributed by atoms with Crippen molar-refractivity contribution in [3.05, 3.63) is 35.9 Å². The van der Waals surface area contributed by atoms with Crippen LogP contribution in [-0.2, 0) is 19.1 Å². The predicted molar refractivity (Wildman–Crippen MR) is 90.7 cm³/mol. The first-order valence-electron chi connectivity index (χ1n) is 8.18. The first-order chi connectivity index (χ1) is 11.8. The van der Waals surface area contributed by atoms with Crippen molar-refractivity contribution in [2.75, 3.05) is 13.1 Å². The average molecular weight is 348 g/mol. The lowest BCUT2D eigenvalue weighted by molar-refractivity contribution is -0.149. The Morgan fingerprint density at radius 1 is 1.32 bits per heavy atom. The summed E-state index contributed by atoms with van der Waals surface area (Å²) in [7, 11) is 0. The Bertz CT molecular complexity index is 612. The maximum atomic E-state index is 12.1.